The molecule has 24 heavy (non-hydrogen) atoms. The Labute approximate surface area is 144 Å². The van der Waals surface area contributed by atoms with E-state index in [2.05, 4.69) is 76.1 Å². The van der Waals surface area contributed by atoms with Crippen LogP contribution in [0.5, 0.6) is 0 Å². The van der Waals surface area contributed by atoms with Crippen molar-refractivity contribution in [2.75, 3.05) is 0 Å². The normalized spacial score (nSPS) is 11.3. The molecule has 1 heterocycles. The van der Waals surface area contributed by atoms with E-state index in [9.17, 15) is 0 Å². The van der Waals surface area contributed by atoms with Crippen molar-refractivity contribution in [3.05, 3.63) is 64.5 Å². The maximum atomic E-state index is 4.71. The van der Waals surface area contributed by atoms with Crippen molar-refractivity contribution < 1.29 is 0 Å². The van der Waals surface area contributed by atoms with E-state index in [4.69, 9.17) is 4.98 Å². The summed E-state index contributed by atoms with van der Waals surface area (Å²) in [7, 11) is 0. The molecular weight excluding hydrogens is 294 g/mol. The zero-order valence-corrected chi connectivity index (χ0v) is 15.4. The molecule has 3 heteroatoms. The van der Waals surface area contributed by atoms with Gasteiger partial charge >= 0.3 is 0 Å². The molecule has 0 bridgehead atoms. The molecule has 0 atom stereocenters. The lowest BCUT2D eigenvalue weighted by molar-refractivity contribution is 0.850. The minimum atomic E-state index is 0.491. The van der Waals surface area contributed by atoms with Crippen molar-refractivity contribution in [2.24, 2.45) is 0 Å². The van der Waals surface area contributed by atoms with Crippen molar-refractivity contribution in [2.45, 2.75) is 47.5 Å². The van der Waals surface area contributed by atoms with Crippen molar-refractivity contribution in [3.8, 4) is 17.1 Å². The van der Waals surface area contributed by atoms with Crippen LogP contribution in [-0.2, 0) is 0 Å². The molecule has 0 spiro atoms. The maximum Gasteiger partial charge on any atom is 0.163 e. The zero-order valence-electron chi connectivity index (χ0n) is 15.4. The zero-order chi connectivity index (χ0) is 17.4. The average molecular weight is 319 g/mol. The number of hydrogen-bond donors (Lipinski definition) is 0. The van der Waals surface area contributed by atoms with Gasteiger partial charge < -0.3 is 0 Å². The van der Waals surface area contributed by atoms with E-state index in [0.717, 1.165) is 22.9 Å². The third kappa shape index (κ3) is 2.99. The first-order valence-corrected chi connectivity index (χ1v) is 8.49. The number of hydrogen-bond acceptors (Lipinski definition) is 2. The van der Waals surface area contributed by atoms with Crippen LogP contribution in [0.2, 0.25) is 0 Å². The molecule has 0 saturated heterocycles. The number of aryl methyl sites for hydroxylation is 4. The Bertz CT molecular complexity index is 865. The quantitative estimate of drug-likeness (QED) is 0.656. The molecule has 0 fully saturated rings. The molecule has 2 aromatic carbocycles. The Morgan fingerprint density at radius 2 is 1.58 bits per heavy atom. The van der Waals surface area contributed by atoms with Crippen LogP contribution in [0, 0.1) is 27.7 Å². The minimum absolute atomic E-state index is 0.491. The van der Waals surface area contributed by atoms with Crippen LogP contribution in [0.1, 0.15) is 47.8 Å². The van der Waals surface area contributed by atoms with Crippen molar-refractivity contribution in [3.63, 3.8) is 0 Å². The molecule has 0 aliphatic carbocycles. The van der Waals surface area contributed by atoms with Crippen molar-refractivity contribution in [1.82, 2.24) is 14.8 Å². The van der Waals surface area contributed by atoms with Crippen molar-refractivity contribution in [1.29, 1.82) is 0 Å². The first kappa shape index (κ1) is 16.4. The fourth-order valence-electron chi connectivity index (χ4n) is 3.30. The van der Waals surface area contributed by atoms with Gasteiger partial charge in [-0.15, -0.1) is 0 Å². The van der Waals surface area contributed by atoms with Gasteiger partial charge in [0.05, 0.1) is 5.69 Å². The van der Waals surface area contributed by atoms with Gasteiger partial charge in [-0.05, 0) is 56.4 Å². The van der Waals surface area contributed by atoms with E-state index in [1.165, 1.54) is 22.3 Å². The van der Waals surface area contributed by atoms with Gasteiger partial charge in [0.1, 0.15) is 5.82 Å². The molecule has 3 aromatic rings. The minimum Gasteiger partial charge on any atom is -0.212 e. The monoisotopic (exact) mass is 319 g/mol. The number of benzene rings is 2. The summed E-state index contributed by atoms with van der Waals surface area (Å²) in [5.41, 5.74) is 7.27. The SMILES string of the molecule is Cc1cc(C)c(-n2nc(C)nc2-c2cccc(C(C)C)c2)c(C)c1. The van der Waals surface area contributed by atoms with E-state index >= 15 is 0 Å². The lowest BCUT2D eigenvalue weighted by Crippen LogP contribution is -2.05. The smallest absolute Gasteiger partial charge is 0.163 e. The second-order valence-corrected chi connectivity index (χ2v) is 6.92. The van der Waals surface area contributed by atoms with E-state index in [0.29, 0.717) is 5.92 Å². The molecule has 0 N–H and O–H groups in total. The topological polar surface area (TPSA) is 30.7 Å². The number of nitrogens with zero attached hydrogens (tertiary/aromatic N) is 3. The van der Waals surface area contributed by atoms with Crippen LogP contribution in [0.4, 0.5) is 0 Å². The van der Waals surface area contributed by atoms with Crippen LogP contribution in [0.3, 0.4) is 0 Å². The highest BCUT2D eigenvalue weighted by Crippen LogP contribution is 2.28. The highest BCUT2D eigenvalue weighted by molar-refractivity contribution is 5.61. The first-order chi connectivity index (χ1) is 11.4. The second kappa shape index (κ2) is 6.23. The summed E-state index contributed by atoms with van der Waals surface area (Å²) in [4.78, 5) is 4.71. The van der Waals surface area contributed by atoms with E-state index in [1.807, 2.05) is 11.6 Å². The Balaban J connectivity index is 2.22. The van der Waals surface area contributed by atoms with Crippen LogP contribution in [0.25, 0.3) is 17.1 Å². The molecular formula is C21H25N3. The maximum absolute atomic E-state index is 4.71. The Morgan fingerprint density at radius 3 is 2.21 bits per heavy atom. The molecule has 0 radical (unpaired) electrons. The number of rotatable bonds is 3. The standard InChI is InChI=1S/C21H25N3/c1-13(2)18-8-7-9-19(12-18)21-22-17(6)23-24(21)20-15(4)10-14(3)11-16(20)5/h7-13H,1-6H3. The highest BCUT2D eigenvalue weighted by Gasteiger charge is 2.16. The van der Waals surface area contributed by atoms with Gasteiger partial charge in [0.15, 0.2) is 5.82 Å². The third-order valence-corrected chi connectivity index (χ3v) is 4.37. The summed E-state index contributed by atoms with van der Waals surface area (Å²) in [6, 6.07) is 13.0. The second-order valence-electron chi connectivity index (χ2n) is 6.92. The molecule has 3 nitrogen and oxygen atoms in total. The predicted molar refractivity (Wildman–Crippen MR) is 99.8 cm³/mol. The van der Waals surface area contributed by atoms with Crippen LogP contribution in [0.15, 0.2) is 36.4 Å². The summed E-state index contributed by atoms with van der Waals surface area (Å²) in [6.45, 7) is 12.8. The van der Waals surface area contributed by atoms with E-state index < -0.39 is 0 Å². The van der Waals surface area contributed by atoms with Crippen molar-refractivity contribution >= 4 is 0 Å². The van der Waals surface area contributed by atoms with E-state index in [1.54, 1.807) is 0 Å². The molecule has 124 valence electrons. The Kier molecular flexibility index (Phi) is 4.27. The lowest BCUT2D eigenvalue weighted by Gasteiger charge is -2.14. The predicted octanol–water partition coefficient (Wildman–Crippen LogP) is 5.29. The molecule has 0 unspecified atom stereocenters. The molecule has 0 aliphatic heterocycles. The third-order valence-electron chi connectivity index (χ3n) is 4.37. The summed E-state index contributed by atoms with van der Waals surface area (Å²) in [5, 5.41) is 4.69. The lowest BCUT2D eigenvalue weighted by atomic mass is 10.0. The Hall–Kier alpha value is -2.42. The van der Waals surface area contributed by atoms with Gasteiger partial charge in [-0.3, -0.25) is 0 Å². The van der Waals surface area contributed by atoms with Crippen LogP contribution in [-0.4, -0.2) is 14.8 Å². The largest absolute Gasteiger partial charge is 0.212 e. The van der Waals surface area contributed by atoms with Crippen LogP contribution < -0.4 is 0 Å². The van der Waals surface area contributed by atoms with Gasteiger partial charge in [-0.25, -0.2) is 9.67 Å². The summed E-state index contributed by atoms with van der Waals surface area (Å²) in [5.74, 6) is 2.19. The number of aromatic nitrogens is 3. The molecule has 1 aromatic heterocycles. The molecule has 0 amide bonds. The van der Waals surface area contributed by atoms with Gasteiger partial charge in [-0.2, -0.15) is 5.10 Å². The summed E-state index contributed by atoms with van der Waals surface area (Å²) >= 11 is 0. The van der Waals surface area contributed by atoms with Gasteiger partial charge in [-0.1, -0.05) is 49.7 Å². The molecule has 3 rings (SSSR count). The average Bonchev–Trinajstić information content (AvgIpc) is 2.88. The molecule has 0 aliphatic rings. The first-order valence-electron chi connectivity index (χ1n) is 8.49. The van der Waals surface area contributed by atoms with E-state index in [-0.39, 0.29) is 0 Å². The fourth-order valence-corrected chi connectivity index (χ4v) is 3.30. The Morgan fingerprint density at radius 1 is 0.917 bits per heavy atom. The van der Waals surface area contributed by atoms with Gasteiger partial charge in [0.25, 0.3) is 0 Å². The van der Waals surface area contributed by atoms with Gasteiger partial charge in [0.2, 0.25) is 0 Å². The van der Waals surface area contributed by atoms with Gasteiger partial charge in [0, 0.05) is 5.56 Å². The highest BCUT2D eigenvalue weighted by atomic mass is 15.4. The fraction of sp³-hybridized carbons (Fsp3) is 0.333. The summed E-state index contributed by atoms with van der Waals surface area (Å²) < 4.78 is 2.00. The van der Waals surface area contributed by atoms with Crippen LogP contribution >= 0.6 is 0 Å². The summed E-state index contributed by atoms with van der Waals surface area (Å²) in [6.07, 6.45) is 0. The molecule has 0 saturated carbocycles.